The Kier molecular flexibility index (Phi) is 4.48. The van der Waals surface area contributed by atoms with Crippen LogP contribution in [0.15, 0.2) is 32.9 Å². The molecule has 0 saturated heterocycles. The van der Waals surface area contributed by atoms with Crippen LogP contribution in [0.5, 0.6) is 0 Å². The van der Waals surface area contributed by atoms with Crippen molar-refractivity contribution in [3.8, 4) is 12.3 Å². The summed E-state index contributed by atoms with van der Waals surface area (Å²) in [7, 11) is -4.04. The zero-order chi connectivity index (χ0) is 17.5. The summed E-state index contributed by atoms with van der Waals surface area (Å²) in [6.45, 7) is -0.109. The van der Waals surface area contributed by atoms with Gasteiger partial charge in [0.1, 0.15) is 10.0 Å². The maximum absolute atomic E-state index is 14.1. The number of hydrogen-bond donors (Lipinski definition) is 0. The van der Waals surface area contributed by atoms with Crippen LogP contribution in [0.3, 0.4) is 0 Å². The Morgan fingerprint density at radius 1 is 1.29 bits per heavy atom. The van der Waals surface area contributed by atoms with Crippen molar-refractivity contribution < 1.29 is 17.2 Å². The fraction of sp³-hybridized carbons (Fsp3) is 0.0714. The van der Waals surface area contributed by atoms with Gasteiger partial charge in [-0.2, -0.15) is 8.42 Å². The minimum atomic E-state index is -4.04. The minimum Gasteiger partial charge on any atom is -0.302 e. The molecule has 124 valence electrons. The molecule has 0 atom stereocenters. The quantitative estimate of drug-likeness (QED) is 0.626. The van der Waals surface area contributed by atoms with E-state index in [1.807, 2.05) is 0 Å². The first-order valence-electron chi connectivity index (χ1n) is 6.30. The molecule has 3 aromatic rings. The van der Waals surface area contributed by atoms with Gasteiger partial charge in [0.2, 0.25) is 4.80 Å². The maximum atomic E-state index is 14.1. The number of hydrogen-bond acceptors (Lipinski definition) is 4. The Labute approximate surface area is 148 Å². The zero-order valence-corrected chi connectivity index (χ0v) is 14.9. The Bertz CT molecular complexity index is 1150. The molecule has 0 saturated carbocycles. The van der Waals surface area contributed by atoms with Gasteiger partial charge in [0.05, 0.1) is 21.1 Å². The molecule has 0 unspecified atom stereocenters. The first-order valence-corrected chi connectivity index (χ1v) is 9.75. The van der Waals surface area contributed by atoms with Crippen LogP contribution >= 0.6 is 34.3 Å². The molecule has 2 aromatic heterocycles. The molecule has 4 nitrogen and oxygen atoms in total. The van der Waals surface area contributed by atoms with E-state index in [1.165, 1.54) is 16.7 Å². The maximum Gasteiger partial charge on any atom is 0.294 e. The summed E-state index contributed by atoms with van der Waals surface area (Å²) in [5, 5.41) is 0. The van der Waals surface area contributed by atoms with Crippen molar-refractivity contribution >= 4 is 54.5 Å². The first-order chi connectivity index (χ1) is 11.3. The largest absolute Gasteiger partial charge is 0.302 e. The molecule has 0 radical (unpaired) electrons. The third-order valence-corrected chi connectivity index (χ3v) is 7.05. The molecule has 0 aliphatic rings. The van der Waals surface area contributed by atoms with Crippen molar-refractivity contribution in [3.05, 3.63) is 45.0 Å². The average Bonchev–Trinajstić information content (AvgIpc) is 3.04. The van der Waals surface area contributed by atoms with Crippen LogP contribution < -0.4 is 4.80 Å². The Morgan fingerprint density at radius 3 is 2.67 bits per heavy atom. The van der Waals surface area contributed by atoms with E-state index in [0.29, 0.717) is 10.4 Å². The highest BCUT2D eigenvalue weighted by Crippen LogP contribution is 2.27. The number of thiazole rings is 1. The first kappa shape index (κ1) is 17.1. The highest BCUT2D eigenvalue weighted by molar-refractivity contribution is 7.92. The van der Waals surface area contributed by atoms with Crippen LogP contribution in [0.2, 0.25) is 4.34 Å². The SMILES string of the molecule is C#CCn1/c(=N/S(=O)(=O)c2ccc(Cl)s2)sc2cc(F)cc(F)c21. The number of thiophene rings is 1. The van der Waals surface area contributed by atoms with Gasteiger partial charge in [-0.1, -0.05) is 28.9 Å². The lowest BCUT2D eigenvalue weighted by molar-refractivity contribution is 0.585. The second-order valence-corrected chi connectivity index (χ2v) is 9.09. The van der Waals surface area contributed by atoms with E-state index < -0.39 is 21.7 Å². The molecule has 0 fully saturated rings. The van der Waals surface area contributed by atoms with Crippen molar-refractivity contribution in [2.45, 2.75) is 10.8 Å². The second kappa shape index (κ2) is 6.29. The van der Waals surface area contributed by atoms with Gasteiger partial charge >= 0.3 is 0 Å². The van der Waals surface area contributed by atoms with Crippen LogP contribution in [0, 0.1) is 24.0 Å². The van der Waals surface area contributed by atoms with E-state index in [1.54, 1.807) is 0 Å². The molecule has 2 heterocycles. The number of terminal acetylenes is 1. The van der Waals surface area contributed by atoms with Gasteiger partial charge in [-0.25, -0.2) is 8.78 Å². The predicted molar refractivity (Wildman–Crippen MR) is 90.6 cm³/mol. The van der Waals surface area contributed by atoms with Crippen molar-refractivity contribution in [1.29, 1.82) is 0 Å². The standard InChI is InChI=1S/C14H7ClF2N2O2S3/c1-2-5-19-13-9(17)6-8(16)7-10(13)22-14(19)18-24(20,21)12-4-3-11(15)23-12/h1,3-4,6-7H,5H2/b18-14-. The minimum absolute atomic E-state index is 0.0116. The average molecular weight is 405 g/mol. The smallest absolute Gasteiger partial charge is 0.294 e. The van der Waals surface area contributed by atoms with Crippen LogP contribution in [-0.2, 0) is 16.6 Å². The molecule has 0 aliphatic heterocycles. The van der Waals surface area contributed by atoms with Crippen LogP contribution in [0.25, 0.3) is 10.2 Å². The van der Waals surface area contributed by atoms with Crippen LogP contribution in [-0.4, -0.2) is 13.0 Å². The van der Waals surface area contributed by atoms with Gasteiger partial charge in [-0.05, 0) is 18.2 Å². The van der Waals surface area contributed by atoms with Gasteiger partial charge < -0.3 is 4.57 Å². The van der Waals surface area contributed by atoms with E-state index >= 15 is 0 Å². The van der Waals surface area contributed by atoms with Crippen molar-refractivity contribution in [2.24, 2.45) is 4.40 Å². The number of aromatic nitrogens is 1. The highest BCUT2D eigenvalue weighted by atomic mass is 35.5. The topological polar surface area (TPSA) is 51.4 Å². The molecular formula is C14H7ClF2N2O2S3. The number of halogens is 3. The lowest BCUT2D eigenvalue weighted by atomic mass is 10.3. The summed E-state index contributed by atoms with van der Waals surface area (Å²) < 4.78 is 57.6. The van der Waals surface area contributed by atoms with E-state index in [0.717, 1.165) is 28.7 Å². The second-order valence-electron chi connectivity index (χ2n) is 4.53. The fourth-order valence-corrected chi connectivity index (χ4v) is 5.75. The Hall–Kier alpha value is -1.73. The molecule has 10 heteroatoms. The van der Waals surface area contributed by atoms with E-state index in [-0.39, 0.29) is 25.8 Å². The molecule has 0 N–H and O–H groups in total. The summed E-state index contributed by atoms with van der Waals surface area (Å²) in [6.07, 6.45) is 5.27. The monoisotopic (exact) mass is 404 g/mol. The number of benzene rings is 1. The molecule has 0 spiro atoms. The van der Waals surface area contributed by atoms with Crippen molar-refractivity contribution in [2.75, 3.05) is 0 Å². The highest BCUT2D eigenvalue weighted by Gasteiger charge is 2.18. The summed E-state index contributed by atoms with van der Waals surface area (Å²) in [4.78, 5) is -0.0445. The number of sulfonamides is 1. The lowest BCUT2D eigenvalue weighted by Crippen LogP contribution is -2.17. The van der Waals surface area contributed by atoms with E-state index in [2.05, 4.69) is 10.3 Å². The molecule has 3 rings (SSSR count). The van der Waals surface area contributed by atoms with Crippen LogP contribution in [0.1, 0.15) is 0 Å². The normalized spacial score (nSPS) is 12.7. The van der Waals surface area contributed by atoms with Crippen LogP contribution in [0.4, 0.5) is 8.78 Å². The molecule has 0 bridgehead atoms. The summed E-state index contributed by atoms with van der Waals surface area (Å²) in [6, 6.07) is 4.57. The van der Waals surface area contributed by atoms with E-state index in [4.69, 9.17) is 18.0 Å². The number of rotatable bonds is 3. The predicted octanol–water partition coefficient (Wildman–Crippen LogP) is 3.62. The van der Waals surface area contributed by atoms with Gasteiger partial charge in [-0.3, -0.25) is 0 Å². The van der Waals surface area contributed by atoms with Gasteiger partial charge in [0.15, 0.2) is 5.82 Å². The van der Waals surface area contributed by atoms with Crippen molar-refractivity contribution in [3.63, 3.8) is 0 Å². The summed E-state index contributed by atoms with van der Waals surface area (Å²) in [5.41, 5.74) is 0.0116. The van der Waals surface area contributed by atoms with Gasteiger partial charge in [-0.15, -0.1) is 22.2 Å². The molecule has 0 amide bonds. The number of nitrogens with zero attached hydrogens (tertiary/aromatic N) is 2. The third-order valence-electron chi connectivity index (χ3n) is 2.95. The third kappa shape index (κ3) is 3.10. The molecule has 24 heavy (non-hydrogen) atoms. The van der Waals surface area contributed by atoms with Crippen molar-refractivity contribution in [1.82, 2.24) is 4.57 Å². The zero-order valence-electron chi connectivity index (χ0n) is 11.7. The van der Waals surface area contributed by atoms with E-state index in [9.17, 15) is 17.2 Å². The molecular weight excluding hydrogens is 398 g/mol. The molecule has 0 aliphatic carbocycles. The Morgan fingerprint density at radius 2 is 2.04 bits per heavy atom. The summed E-state index contributed by atoms with van der Waals surface area (Å²) >= 11 is 7.43. The van der Waals surface area contributed by atoms with Gasteiger partial charge in [0, 0.05) is 6.07 Å². The Balaban J connectivity index is 2.31. The molecule has 1 aromatic carbocycles. The number of fused-ring (bicyclic) bond motifs is 1. The van der Waals surface area contributed by atoms with Gasteiger partial charge in [0.25, 0.3) is 10.0 Å². The summed E-state index contributed by atoms with van der Waals surface area (Å²) in [5.74, 6) is 0.702. The lowest BCUT2D eigenvalue weighted by Gasteiger charge is -2.01. The fourth-order valence-electron chi connectivity index (χ4n) is 2.02.